The maximum atomic E-state index is 6.61. The molecule has 4 heteroatoms. The average Bonchev–Trinajstić information content (AvgIpc) is 2.72. The molecule has 1 heterocycles. The molecule has 1 aromatic rings. The zero-order valence-electron chi connectivity index (χ0n) is 11.7. The summed E-state index contributed by atoms with van der Waals surface area (Å²) in [5.74, 6) is 1.05. The van der Waals surface area contributed by atoms with E-state index in [0.29, 0.717) is 6.04 Å². The summed E-state index contributed by atoms with van der Waals surface area (Å²) in [6.45, 7) is 4.28. The molecular formula is C14H26N4. The Morgan fingerprint density at radius 1 is 1.22 bits per heavy atom. The Hall–Kier alpha value is -0.900. The largest absolute Gasteiger partial charge is 0.325 e. The molecule has 0 aromatic carbocycles. The van der Waals surface area contributed by atoms with Gasteiger partial charge in [-0.1, -0.05) is 32.1 Å². The van der Waals surface area contributed by atoms with Crippen LogP contribution in [0.5, 0.6) is 0 Å². The third-order valence-corrected chi connectivity index (χ3v) is 4.00. The Labute approximate surface area is 110 Å². The van der Waals surface area contributed by atoms with Crippen molar-refractivity contribution < 1.29 is 0 Å². The second-order valence-electron chi connectivity index (χ2n) is 6.02. The van der Waals surface area contributed by atoms with Gasteiger partial charge in [-0.05, 0) is 26.7 Å². The van der Waals surface area contributed by atoms with Gasteiger partial charge in [0.2, 0.25) is 0 Å². The molecule has 1 saturated carbocycles. The van der Waals surface area contributed by atoms with Crippen LogP contribution in [0.1, 0.15) is 70.7 Å². The first kappa shape index (κ1) is 13.5. The zero-order chi connectivity index (χ0) is 13.0. The van der Waals surface area contributed by atoms with Crippen LogP contribution in [0.4, 0.5) is 0 Å². The fourth-order valence-electron chi connectivity index (χ4n) is 2.93. The lowest BCUT2D eigenvalue weighted by Gasteiger charge is -2.31. The summed E-state index contributed by atoms with van der Waals surface area (Å²) in [6, 6.07) is 0.361. The minimum Gasteiger partial charge on any atom is -0.325 e. The van der Waals surface area contributed by atoms with Crippen molar-refractivity contribution in [1.29, 1.82) is 0 Å². The van der Waals surface area contributed by atoms with Crippen LogP contribution in [0.15, 0.2) is 6.33 Å². The smallest absolute Gasteiger partial charge is 0.138 e. The first-order valence-corrected chi connectivity index (χ1v) is 7.28. The molecule has 0 amide bonds. The van der Waals surface area contributed by atoms with Crippen LogP contribution in [0, 0.1) is 0 Å². The summed E-state index contributed by atoms with van der Waals surface area (Å²) in [6.07, 6.45) is 11.3. The van der Waals surface area contributed by atoms with Crippen molar-refractivity contribution in [3.8, 4) is 0 Å². The Morgan fingerprint density at radius 2 is 1.83 bits per heavy atom. The van der Waals surface area contributed by atoms with Crippen molar-refractivity contribution in [2.24, 2.45) is 5.73 Å². The van der Waals surface area contributed by atoms with E-state index in [1.807, 2.05) is 4.68 Å². The molecule has 0 aliphatic heterocycles. The van der Waals surface area contributed by atoms with E-state index in [1.54, 1.807) is 6.33 Å². The predicted molar refractivity (Wildman–Crippen MR) is 73.3 cm³/mol. The molecule has 2 N–H and O–H groups in total. The van der Waals surface area contributed by atoms with E-state index in [1.165, 1.54) is 32.1 Å². The van der Waals surface area contributed by atoms with Gasteiger partial charge in [-0.3, -0.25) is 0 Å². The number of hydrogen-bond donors (Lipinski definition) is 1. The summed E-state index contributed by atoms with van der Waals surface area (Å²) in [4.78, 5) is 4.40. The zero-order valence-corrected chi connectivity index (χ0v) is 11.7. The van der Waals surface area contributed by atoms with Gasteiger partial charge < -0.3 is 5.73 Å². The molecule has 2 rings (SSSR count). The van der Waals surface area contributed by atoms with E-state index in [4.69, 9.17) is 5.73 Å². The van der Waals surface area contributed by atoms with Gasteiger partial charge in [0.05, 0.1) is 0 Å². The standard InChI is InChI=1S/C14H26N4/c1-12(2)18-13(16-11-17-18)10-14(15)8-6-4-3-5-7-9-14/h11-12H,3-10,15H2,1-2H3. The lowest BCUT2D eigenvalue weighted by Crippen LogP contribution is -2.43. The molecule has 0 atom stereocenters. The molecule has 0 saturated heterocycles. The summed E-state index contributed by atoms with van der Waals surface area (Å²) in [5, 5.41) is 4.30. The first-order valence-electron chi connectivity index (χ1n) is 7.28. The topological polar surface area (TPSA) is 56.7 Å². The number of nitrogens with two attached hydrogens (primary N) is 1. The molecule has 0 radical (unpaired) electrons. The monoisotopic (exact) mass is 250 g/mol. The quantitative estimate of drug-likeness (QED) is 0.897. The van der Waals surface area contributed by atoms with Crippen LogP contribution in [-0.2, 0) is 6.42 Å². The second-order valence-corrected chi connectivity index (χ2v) is 6.02. The molecular weight excluding hydrogens is 224 g/mol. The minimum atomic E-state index is -0.0694. The lowest BCUT2D eigenvalue weighted by atomic mass is 9.82. The molecule has 4 nitrogen and oxygen atoms in total. The number of hydrogen-bond acceptors (Lipinski definition) is 3. The van der Waals surface area contributed by atoms with Crippen LogP contribution < -0.4 is 5.73 Å². The highest BCUT2D eigenvalue weighted by atomic mass is 15.3. The molecule has 1 aliphatic rings. The van der Waals surface area contributed by atoms with Crippen molar-refractivity contribution >= 4 is 0 Å². The van der Waals surface area contributed by atoms with Gasteiger partial charge in [0.15, 0.2) is 0 Å². The fraction of sp³-hybridized carbons (Fsp3) is 0.857. The van der Waals surface area contributed by atoms with E-state index in [0.717, 1.165) is 25.1 Å². The van der Waals surface area contributed by atoms with Crippen LogP contribution in [0.3, 0.4) is 0 Å². The second kappa shape index (κ2) is 5.83. The van der Waals surface area contributed by atoms with Gasteiger partial charge in [-0.2, -0.15) is 5.10 Å². The summed E-state index contributed by atoms with van der Waals surface area (Å²) in [5.41, 5.74) is 6.54. The van der Waals surface area contributed by atoms with E-state index in [-0.39, 0.29) is 5.54 Å². The first-order chi connectivity index (χ1) is 8.61. The maximum Gasteiger partial charge on any atom is 0.138 e. The van der Waals surface area contributed by atoms with E-state index in [2.05, 4.69) is 23.9 Å². The van der Waals surface area contributed by atoms with Crippen LogP contribution in [-0.4, -0.2) is 20.3 Å². The van der Waals surface area contributed by atoms with Crippen molar-refractivity contribution in [2.45, 2.75) is 76.8 Å². The van der Waals surface area contributed by atoms with Crippen molar-refractivity contribution in [2.75, 3.05) is 0 Å². The van der Waals surface area contributed by atoms with E-state index >= 15 is 0 Å². The van der Waals surface area contributed by atoms with Crippen molar-refractivity contribution in [3.05, 3.63) is 12.2 Å². The molecule has 102 valence electrons. The van der Waals surface area contributed by atoms with Gasteiger partial charge in [-0.15, -0.1) is 0 Å². The minimum absolute atomic E-state index is 0.0694. The van der Waals surface area contributed by atoms with Crippen LogP contribution >= 0.6 is 0 Å². The van der Waals surface area contributed by atoms with Gasteiger partial charge >= 0.3 is 0 Å². The normalized spacial score (nSPS) is 20.7. The Kier molecular flexibility index (Phi) is 4.38. The summed E-state index contributed by atoms with van der Waals surface area (Å²) in [7, 11) is 0. The fourth-order valence-corrected chi connectivity index (χ4v) is 2.93. The molecule has 18 heavy (non-hydrogen) atoms. The highest BCUT2D eigenvalue weighted by Crippen LogP contribution is 2.27. The van der Waals surface area contributed by atoms with Gasteiger partial charge in [0.1, 0.15) is 12.2 Å². The van der Waals surface area contributed by atoms with Crippen molar-refractivity contribution in [1.82, 2.24) is 14.8 Å². The summed E-state index contributed by atoms with van der Waals surface area (Å²) < 4.78 is 2.01. The van der Waals surface area contributed by atoms with Crippen LogP contribution in [0.2, 0.25) is 0 Å². The van der Waals surface area contributed by atoms with E-state index in [9.17, 15) is 0 Å². The van der Waals surface area contributed by atoms with Crippen molar-refractivity contribution in [3.63, 3.8) is 0 Å². The molecule has 1 aliphatic carbocycles. The third kappa shape index (κ3) is 3.31. The number of aromatic nitrogens is 3. The van der Waals surface area contributed by atoms with E-state index < -0.39 is 0 Å². The Morgan fingerprint density at radius 3 is 2.44 bits per heavy atom. The van der Waals surface area contributed by atoms with Crippen LogP contribution in [0.25, 0.3) is 0 Å². The molecule has 0 unspecified atom stereocenters. The highest BCUT2D eigenvalue weighted by Gasteiger charge is 2.28. The van der Waals surface area contributed by atoms with Gasteiger partial charge in [-0.25, -0.2) is 9.67 Å². The highest BCUT2D eigenvalue weighted by molar-refractivity contribution is 4.98. The molecule has 0 bridgehead atoms. The number of nitrogens with zero attached hydrogens (tertiary/aromatic N) is 3. The Balaban J connectivity index is 2.07. The molecule has 0 spiro atoms. The SMILES string of the molecule is CC(C)n1ncnc1CC1(N)CCCCCCC1. The van der Waals surface area contributed by atoms with Gasteiger partial charge in [0.25, 0.3) is 0 Å². The maximum absolute atomic E-state index is 6.61. The lowest BCUT2D eigenvalue weighted by molar-refractivity contribution is 0.302. The predicted octanol–water partition coefficient (Wildman–Crippen LogP) is 2.84. The molecule has 1 aromatic heterocycles. The van der Waals surface area contributed by atoms with Gasteiger partial charge in [0, 0.05) is 18.0 Å². The third-order valence-electron chi connectivity index (χ3n) is 4.00. The average molecular weight is 250 g/mol. The summed E-state index contributed by atoms with van der Waals surface area (Å²) >= 11 is 0. The molecule has 1 fully saturated rings. The number of rotatable bonds is 3. The Bertz CT molecular complexity index is 362.